The third kappa shape index (κ3) is 2.86. The quantitative estimate of drug-likeness (QED) is 0.233. The molecule has 8 rings (SSSR count). The molecule has 0 unspecified atom stereocenters. The molecule has 4 aromatic rings. The Kier molecular flexibility index (Phi) is 4.97. The van der Waals surface area contributed by atoms with Crippen LogP contribution in [-0.2, 0) is 0 Å². The molecule has 0 atom stereocenters. The molecule has 38 heavy (non-hydrogen) atoms. The van der Waals surface area contributed by atoms with Crippen molar-refractivity contribution < 1.29 is 0 Å². The molecule has 0 N–H and O–H groups in total. The van der Waals surface area contributed by atoms with Crippen LogP contribution in [0.4, 0.5) is 0 Å². The second-order valence-corrected chi connectivity index (χ2v) is 22.1. The van der Waals surface area contributed by atoms with E-state index < -0.39 is 16.1 Å². The fourth-order valence-electron chi connectivity index (χ4n) is 9.17. The van der Waals surface area contributed by atoms with Crippen molar-refractivity contribution in [1.82, 2.24) is 0 Å². The Hall–Kier alpha value is -2.43. The molecular formula is C36H40Si2. The Labute approximate surface area is 230 Å². The van der Waals surface area contributed by atoms with Crippen LogP contribution in [-0.4, -0.2) is 16.1 Å². The predicted octanol–water partition coefficient (Wildman–Crippen LogP) is 7.76. The first-order chi connectivity index (χ1) is 18.4. The highest BCUT2D eigenvalue weighted by atomic mass is 28.3. The maximum absolute atomic E-state index is 2.71. The topological polar surface area (TPSA) is 0 Å². The molecule has 4 heterocycles. The van der Waals surface area contributed by atoms with E-state index in [1.165, 1.54) is 61.0 Å². The van der Waals surface area contributed by atoms with E-state index in [0.717, 1.165) is 0 Å². The monoisotopic (exact) mass is 528 g/mol. The number of benzene rings is 4. The molecule has 2 spiro atoms. The molecule has 4 aliphatic heterocycles. The number of hydrogen-bond acceptors (Lipinski definition) is 0. The van der Waals surface area contributed by atoms with Gasteiger partial charge in [0.05, 0.1) is 0 Å². The van der Waals surface area contributed by atoms with Crippen molar-refractivity contribution in [3.05, 3.63) is 71.8 Å². The average Bonchev–Trinajstić information content (AvgIpc) is 3.62. The summed E-state index contributed by atoms with van der Waals surface area (Å²) in [7, 11) is -3.51. The summed E-state index contributed by atoms with van der Waals surface area (Å²) in [6, 6.07) is 31.5. The van der Waals surface area contributed by atoms with Crippen LogP contribution >= 0.6 is 0 Å². The second-order valence-electron chi connectivity index (χ2n) is 13.6. The lowest BCUT2D eigenvalue weighted by Crippen LogP contribution is -2.62. The molecule has 0 aliphatic carbocycles. The van der Waals surface area contributed by atoms with Crippen molar-refractivity contribution in [2.24, 2.45) is 0 Å². The van der Waals surface area contributed by atoms with Gasteiger partial charge in [-0.05, 0) is 101 Å². The van der Waals surface area contributed by atoms with E-state index >= 15 is 0 Å². The van der Waals surface area contributed by atoms with Gasteiger partial charge in [-0.15, -0.1) is 0 Å². The highest BCUT2D eigenvalue weighted by molar-refractivity contribution is 7.08. The molecule has 192 valence electrons. The number of hydrogen-bond donors (Lipinski definition) is 0. The van der Waals surface area contributed by atoms with Crippen LogP contribution in [0.15, 0.2) is 60.7 Å². The van der Waals surface area contributed by atoms with E-state index in [4.69, 9.17) is 0 Å². The molecule has 2 saturated heterocycles. The van der Waals surface area contributed by atoms with E-state index in [9.17, 15) is 0 Å². The van der Waals surface area contributed by atoms with Crippen LogP contribution in [0, 0.1) is 0 Å². The summed E-state index contributed by atoms with van der Waals surface area (Å²) < 4.78 is 0. The summed E-state index contributed by atoms with van der Waals surface area (Å²) in [4.78, 5) is 0. The molecule has 0 nitrogen and oxygen atoms in total. The minimum absolute atomic E-state index is 0.588. The van der Waals surface area contributed by atoms with Gasteiger partial charge in [0.25, 0.3) is 0 Å². The summed E-state index contributed by atoms with van der Waals surface area (Å²) in [6.07, 6.45) is 5.65. The van der Waals surface area contributed by atoms with E-state index in [0.29, 0.717) is 11.8 Å². The highest BCUT2D eigenvalue weighted by Crippen LogP contribution is 2.46. The Bertz CT molecular complexity index is 1510. The average molecular weight is 529 g/mol. The van der Waals surface area contributed by atoms with Crippen molar-refractivity contribution in [2.75, 3.05) is 0 Å². The molecule has 4 aliphatic rings. The van der Waals surface area contributed by atoms with Crippen LogP contribution in [0.25, 0.3) is 33.0 Å². The van der Waals surface area contributed by atoms with Gasteiger partial charge in [-0.1, -0.05) is 114 Å². The Morgan fingerprint density at radius 1 is 0.447 bits per heavy atom. The lowest BCUT2D eigenvalue weighted by Gasteiger charge is -2.42. The van der Waals surface area contributed by atoms with Crippen molar-refractivity contribution in [3.63, 3.8) is 0 Å². The molecule has 0 saturated carbocycles. The van der Waals surface area contributed by atoms with E-state index in [1.807, 2.05) is 0 Å². The smallest absolute Gasteiger partial charge is 0.0620 e. The molecule has 0 bridgehead atoms. The standard InChI is InChI=1S/C36H40Si2/c1-23(2)25-9-11-27-29-13-14-30-28-12-10-26(24(3)4)22-34(28)38(19-7-8-20-38)32-16-15-31(35(29)36(30)32)37(33(27)21-25)17-5-6-18-37/h9-16,21-24H,5-8,17-20H2,1-4H3. The van der Waals surface area contributed by atoms with Gasteiger partial charge in [0, 0.05) is 0 Å². The maximum Gasteiger partial charge on any atom is 0.119 e. The minimum atomic E-state index is -1.75. The normalized spacial score (nSPS) is 19.6. The van der Waals surface area contributed by atoms with Gasteiger partial charge in [0.15, 0.2) is 0 Å². The number of rotatable bonds is 2. The second kappa shape index (κ2) is 8.05. The van der Waals surface area contributed by atoms with Crippen LogP contribution in [0.5, 0.6) is 0 Å². The summed E-state index contributed by atoms with van der Waals surface area (Å²) in [6.45, 7) is 9.45. The summed E-state index contributed by atoms with van der Waals surface area (Å²) in [5, 5.41) is 10.5. The Morgan fingerprint density at radius 2 is 0.816 bits per heavy atom. The van der Waals surface area contributed by atoms with Gasteiger partial charge in [-0.25, -0.2) is 0 Å². The zero-order chi connectivity index (χ0) is 25.8. The largest absolute Gasteiger partial charge is 0.119 e. The zero-order valence-electron chi connectivity index (χ0n) is 23.6. The maximum atomic E-state index is 2.71. The van der Waals surface area contributed by atoms with Gasteiger partial charge >= 0.3 is 0 Å². The molecule has 2 heteroatoms. The minimum Gasteiger partial charge on any atom is -0.0620 e. The van der Waals surface area contributed by atoms with Crippen LogP contribution in [0.3, 0.4) is 0 Å². The van der Waals surface area contributed by atoms with Crippen molar-refractivity contribution in [1.29, 1.82) is 0 Å². The van der Waals surface area contributed by atoms with Gasteiger partial charge in [-0.3, -0.25) is 0 Å². The zero-order valence-corrected chi connectivity index (χ0v) is 25.6. The van der Waals surface area contributed by atoms with Gasteiger partial charge < -0.3 is 0 Å². The van der Waals surface area contributed by atoms with Crippen molar-refractivity contribution in [2.45, 2.75) is 89.4 Å². The lowest BCUT2D eigenvalue weighted by molar-refractivity contribution is 0.868. The van der Waals surface area contributed by atoms with E-state index in [-0.39, 0.29) is 0 Å². The fourth-order valence-corrected chi connectivity index (χ4v) is 20.5. The highest BCUT2D eigenvalue weighted by Gasteiger charge is 2.50. The Balaban J connectivity index is 1.50. The molecule has 0 radical (unpaired) electrons. The van der Waals surface area contributed by atoms with Crippen molar-refractivity contribution >= 4 is 47.7 Å². The van der Waals surface area contributed by atoms with Crippen LogP contribution in [0.2, 0.25) is 24.2 Å². The lowest BCUT2D eigenvalue weighted by atomic mass is 9.89. The Morgan fingerprint density at radius 3 is 1.18 bits per heavy atom. The predicted molar refractivity (Wildman–Crippen MR) is 171 cm³/mol. The van der Waals surface area contributed by atoms with E-state index in [2.05, 4.69) is 88.4 Å². The first-order valence-corrected chi connectivity index (χ1v) is 20.2. The molecular weight excluding hydrogens is 489 g/mol. The summed E-state index contributed by atoms with van der Waals surface area (Å²) >= 11 is 0. The third-order valence-electron chi connectivity index (χ3n) is 11.1. The summed E-state index contributed by atoms with van der Waals surface area (Å²) in [5.74, 6) is 1.18. The molecule has 0 amide bonds. The molecule has 2 fully saturated rings. The third-order valence-corrected chi connectivity index (χ3v) is 21.8. The van der Waals surface area contributed by atoms with Crippen molar-refractivity contribution in [3.8, 4) is 22.3 Å². The van der Waals surface area contributed by atoms with Crippen LogP contribution in [0.1, 0.15) is 76.3 Å². The van der Waals surface area contributed by atoms with Gasteiger partial charge in [0.2, 0.25) is 0 Å². The number of fused-ring (bicyclic) bond motifs is 8. The first-order valence-electron chi connectivity index (χ1n) is 15.3. The fraction of sp³-hybridized carbons (Fsp3) is 0.389. The van der Waals surface area contributed by atoms with Crippen LogP contribution < -0.4 is 20.7 Å². The van der Waals surface area contributed by atoms with Gasteiger partial charge in [0.1, 0.15) is 16.1 Å². The van der Waals surface area contributed by atoms with E-state index in [1.54, 1.807) is 53.8 Å². The first kappa shape index (κ1) is 23.5. The molecule has 4 aromatic carbocycles. The summed E-state index contributed by atoms with van der Waals surface area (Å²) in [5.41, 5.74) is 9.32. The van der Waals surface area contributed by atoms with Gasteiger partial charge in [-0.2, -0.15) is 0 Å². The molecule has 0 aromatic heterocycles. The SMILES string of the molecule is CC(C)c1ccc2c(c1)[Si]1(CCCC1)c1ccc3c4c(ccc-2c14)-c1ccc(C(C)C)cc1[Si]31CCCC1.